The fourth-order valence-electron chi connectivity index (χ4n) is 3.72. The third-order valence-corrected chi connectivity index (χ3v) is 5.49. The summed E-state index contributed by atoms with van der Waals surface area (Å²) in [7, 11) is 1.64. The van der Waals surface area contributed by atoms with Crippen LogP contribution in [0.1, 0.15) is 61.1 Å². The molecule has 0 aliphatic carbocycles. The van der Waals surface area contributed by atoms with Gasteiger partial charge in [0.25, 0.3) is 5.91 Å². The van der Waals surface area contributed by atoms with Gasteiger partial charge in [0.1, 0.15) is 5.75 Å². The first-order valence-corrected chi connectivity index (χ1v) is 10.1. The van der Waals surface area contributed by atoms with Gasteiger partial charge in [-0.25, -0.2) is 0 Å². The Bertz CT molecular complexity index is 851. The van der Waals surface area contributed by atoms with Crippen LogP contribution in [0.25, 0.3) is 0 Å². The maximum absolute atomic E-state index is 12.8. The second-order valence-electron chi connectivity index (χ2n) is 8.53. The molecule has 1 aliphatic heterocycles. The van der Waals surface area contributed by atoms with Gasteiger partial charge in [0.15, 0.2) is 0 Å². The Morgan fingerprint density at radius 2 is 1.72 bits per heavy atom. The van der Waals surface area contributed by atoms with Gasteiger partial charge in [0.05, 0.1) is 19.7 Å². The van der Waals surface area contributed by atoms with Gasteiger partial charge in [-0.3, -0.25) is 9.59 Å². The summed E-state index contributed by atoms with van der Waals surface area (Å²) >= 11 is 0. The van der Waals surface area contributed by atoms with Crippen molar-refractivity contribution in [3.05, 3.63) is 65.2 Å². The number of likely N-dealkylation sites (tertiary alicyclic amines) is 1. The molecule has 0 aromatic heterocycles. The van der Waals surface area contributed by atoms with Gasteiger partial charge < -0.3 is 15.0 Å². The SMILES string of the molecule is COc1ccc(C2CCCN2C(=O)CNC(=O)c2ccc(C(C)(C)C)cc2)cc1. The van der Waals surface area contributed by atoms with Crippen LogP contribution in [0, 0.1) is 0 Å². The molecule has 29 heavy (non-hydrogen) atoms. The Morgan fingerprint density at radius 1 is 1.07 bits per heavy atom. The molecule has 2 aromatic carbocycles. The van der Waals surface area contributed by atoms with Crippen LogP contribution in [-0.2, 0) is 10.2 Å². The minimum Gasteiger partial charge on any atom is -0.497 e. The molecule has 154 valence electrons. The molecule has 1 atom stereocenters. The van der Waals surface area contributed by atoms with E-state index < -0.39 is 0 Å². The fourth-order valence-corrected chi connectivity index (χ4v) is 3.72. The molecular weight excluding hydrogens is 364 g/mol. The van der Waals surface area contributed by atoms with E-state index in [1.54, 1.807) is 7.11 Å². The molecule has 1 saturated heterocycles. The summed E-state index contributed by atoms with van der Waals surface area (Å²) in [5.74, 6) is 0.524. The number of ether oxygens (including phenoxy) is 1. The third kappa shape index (κ3) is 4.97. The number of amides is 2. The zero-order chi connectivity index (χ0) is 21.0. The van der Waals surface area contributed by atoms with Crippen LogP contribution in [0.5, 0.6) is 5.75 Å². The number of hydrogen-bond donors (Lipinski definition) is 1. The number of benzene rings is 2. The predicted molar refractivity (Wildman–Crippen MR) is 114 cm³/mol. The molecule has 5 nitrogen and oxygen atoms in total. The lowest BCUT2D eigenvalue weighted by Crippen LogP contribution is -2.39. The molecule has 5 heteroatoms. The van der Waals surface area contributed by atoms with E-state index >= 15 is 0 Å². The molecule has 0 spiro atoms. The van der Waals surface area contributed by atoms with E-state index in [1.165, 1.54) is 5.56 Å². The average Bonchev–Trinajstić information content (AvgIpc) is 3.21. The summed E-state index contributed by atoms with van der Waals surface area (Å²) in [6.45, 7) is 7.13. The van der Waals surface area contributed by atoms with Gasteiger partial charge in [-0.15, -0.1) is 0 Å². The molecular formula is C24H30N2O3. The van der Waals surface area contributed by atoms with Gasteiger partial charge >= 0.3 is 0 Å². The van der Waals surface area contributed by atoms with E-state index in [1.807, 2.05) is 53.4 Å². The number of methoxy groups -OCH3 is 1. The van der Waals surface area contributed by atoms with Crippen LogP contribution in [0.15, 0.2) is 48.5 Å². The Labute approximate surface area is 173 Å². The largest absolute Gasteiger partial charge is 0.497 e. The Kier molecular flexibility index (Phi) is 6.26. The van der Waals surface area contributed by atoms with Gasteiger partial charge in [-0.05, 0) is 53.6 Å². The smallest absolute Gasteiger partial charge is 0.251 e. The third-order valence-electron chi connectivity index (χ3n) is 5.49. The van der Waals surface area contributed by atoms with E-state index in [4.69, 9.17) is 4.74 Å². The van der Waals surface area contributed by atoms with E-state index in [9.17, 15) is 9.59 Å². The maximum atomic E-state index is 12.8. The summed E-state index contributed by atoms with van der Waals surface area (Å²) in [5, 5.41) is 2.77. The lowest BCUT2D eigenvalue weighted by atomic mass is 9.87. The highest BCUT2D eigenvalue weighted by molar-refractivity contribution is 5.96. The van der Waals surface area contributed by atoms with Gasteiger partial charge in [-0.2, -0.15) is 0 Å². The fraction of sp³-hybridized carbons (Fsp3) is 0.417. The molecule has 1 N–H and O–H groups in total. The van der Waals surface area contributed by atoms with Crippen molar-refractivity contribution in [2.24, 2.45) is 0 Å². The topological polar surface area (TPSA) is 58.6 Å². The second-order valence-corrected chi connectivity index (χ2v) is 8.53. The predicted octanol–water partition coefficient (Wildman–Crippen LogP) is 4.09. The first-order chi connectivity index (χ1) is 13.8. The van der Waals surface area contributed by atoms with Gasteiger partial charge in [0, 0.05) is 12.1 Å². The number of hydrogen-bond acceptors (Lipinski definition) is 3. The summed E-state index contributed by atoms with van der Waals surface area (Å²) < 4.78 is 5.21. The number of rotatable bonds is 5. The monoisotopic (exact) mass is 394 g/mol. The number of carbonyl (C=O) groups excluding carboxylic acids is 2. The summed E-state index contributed by atoms with van der Waals surface area (Å²) in [4.78, 5) is 27.1. The molecule has 2 aromatic rings. The number of nitrogens with zero attached hydrogens (tertiary/aromatic N) is 1. The van der Waals surface area contributed by atoms with Crippen molar-refractivity contribution in [3.8, 4) is 5.75 Å². The first-order valence-electron chi connectivity index (χ1n) is 10.1. The van der Waals surface area contributed by atoms with E-state index in [0.29, 0.717) is 12.1 Å². The molecule has 1 aliphatic rings. The van der Waals surface area contributed by atoms with Crippen LogP contribution < -0.4 is 10.1 Å². The van der Waals surface area contributed by atoms with Crippen LogP contribution >= 0.6 is 0 Å². The van der Waals surface area contributed by atoms with Crippen molar-refractivity contribution in [2.45, 2.75) is 45.1 Å². The van der Waals surface area contributed by atoms with Crippen molar-refractivity contribution >= 4 is 11.8 Å². The molecule has 0 radical (unpaired) electrons. The van der Waals surface area contributed by atoms with Crippen molar-refractivity contribution in [3.63, 3.8) is 0 Å². The molecule has 1 heterocycles. The van der Waals surface area contributed by atoms with E-state index in [2.05, 4.69) is 26.1 Å². The zero-order valence-corrected chi connectivity index (χ0v) is 17.7. The van der Waals surface area contributed by atoms with Crippen molar-refractivity contribution in [2.75, 3.05) is 20.2 Å². The molecule has 0 saturated carbocycles. The van der Waals surface area contributed by atoms with Crippen molar-refractivity contribution in [1.29, 1.82) is 0 Å². The van der Waals surface area contributed by atoms with Crippen LogP contribution in [-0.4, -0.2) is 36.9 Å². The Morgan fingerprint density at radius 3 is 2.31 bits per heavy atom. The Balaban J connectivity index is 1.59. The quantitative estimate of drug-likeness (QED) is 0.831. The van der Waals surface area contributed by atoms with Crippen LogP contribution in [0.2, 0.25) is 0 Å². The highest BCUT2D eigenvalue weighted by Crippen LogP contribution is 2.32. The minimum absolute atomic E-state index is 0.00646. The maximum Gasteiger partial charge on any atom is 0.251 e. The van der Waals surface area contributed by atoms with E-state index in [0.717, 1.165) is 24.2 Å². The molecule has 3 rings (SSSR count). The van der Waals surface area contributed by atoms with E-state index in [-0.39, 0.29) is 29.8 Å². The van der Waals surface area contributed by atoms with Crippen LogP contribution in [0.4, 0.5) is 0 Å². The van der Waals surface area contributed by atoms with Crippen molar-refractivity contribution in [1.82, 2.24) is 10.2 Å². The molecule has 2 amide bonds. The Hall–Kier alpha value is -2.82. The molecule has 1 fully saturated rings. The standard InChI is InChI=1S/C24H30N2O3/c1-24(2,3)19-11-7-18(8-12-19)23(28)25-16-22(27)26-15-5-6-21(26)17-9-13-20(29-4)14-10-17/h7-14,21H,5-6,15-16H2,1-4H3,(H,25,28). The molecule has 0 bridgehead atoms. The zero-order valence-electron chi connectivity index (χ0n) is 17.7. The summed E-state index contributed by atoms with van der Waals surface area (Å²) in [6, 6.07) is 15.5. The highest BCUT2D eigenvalue weighted by Gasteiger charge is 2.30. The summed E-state index contributed by atoms with van der Waals surface area (Å²) in [6.07, 6.45) is 1.89. The molecule has 1 unspecified atom stereocenters. The number of nitrogens with one attached hydrogen (secondary N) is 1. The second kappa shape index (κ2) is 8.68. The van der Waals surface area contributed by atoms with Gasteiger partial charge in [-0.1, -0.05) is 45.0 Å². The minimum atomic E-state index is -0.223. The van der Waals surface area contributed by atoms with Crippen molar-refractivity contribution < 1.29 is 14.3 Å². The van der Waals surface area contributed by atoms with Gasteiger partial charge in [0.2, 0.25) is 5.91 Å². The normalized spacial score (nSPS) is 16.6. The lowest BCUT2D eigenvalue weighted by molar-refractivity contribution is -0.131. The number of carbonyl (C=O) groups is 2. The lowest BCUT2D eigenvalue weighted by Gasteiger charge is -2.25. The highest BCUT2D eigenvalue weighted by atomic mass is 16.5. The first kappa shape index (κ1) is 20.9. The summed E-state index contributed by atoms with van der Waals surface area (Å²) in [5.41, 5.74) is 2.88. The van der Waals surface area contributed by atoms with Crippen LogP contribution in [0.3, 0.4) is 0 Å². The average molecular weight is 395 g/mol.